The molecule has 2 rings (SSSR count). The van der Waals surface area contributed by atoms with Gasteiger partial charge in [-0.1, -0.05) is 6.92 Å². The number of nitrogens with zero attached hydrogens (tertiary/aromatic N) is 1. The summed E-state index contributed by atoms with van der Waals surface area (Å²) >= 11 is 0. The number of ether oxygens (including phenoxy) is 1. The summed E-state index contributed by atoms with van der Waals surface area (Å²) in [6.07, 6.45) is 4.49. The van der Waals surface area contributed by atoms with Gasteiger partial charge >= 0.3 is 0 Å². The third kappa shape index (κ3) is 2.03. The van der Waals surface area contributed by atoms with Gasteiger partial charge in [-0.05, 0) is 19.3 Å². The van der Waals surface area contributed by atoms with Crippen LogP contribution in [0.1, 0.15) is 26.2 Å². The van der Waals surface area contributed by atoms with Gasteiger partial charge in [-0.25, -0.2) is 0 Å². The largest absolute Gasteiger partial charge is 0.377 e. The van der Waals surface area contributed by atoms with Crippen LogP contribution >= 0.6 is 0 Å². The molecule has 0 aromatic rings. The third-order valence-electron chi connectivity index (χ3n) is 3.20. The van der Waals surface area contributed by atoms with Gasteiger partial charge in [0.15, 0.2) is 0 Å². The molecule has 1 unspecified atom stereocenters. The standard InChI is InChI=1S/C10H20N2O/c1-2-9-4-3-6-12(9)10-8-13-7-5-11-10/h9-11H,2-8H2,1H3/t9-,10?/m0/s1. The van der Waals surface area contributed by atoms with Crippen LogP contribution in [-0.2, 0) is 4.74 Å². The van der Waals surface area contributed by atoms with E-state index in [1.165, 1.54) is 25.8 Å². The second-order valence-corrected chi connectivity index (χ2v) is 3.99. The molecule has 76 valence electrons. The molecule has 2 atom stereocenters. The first-order valence-electron chi connectivity index (χ1n) is 5.48. The topological polar surface area (TPSA) is 24.5 Å². The Kier molecular flexibility index (Phi) is 3.19. The van der Waals surface area contributed by atoms with Crippen LogP contribution in [0.3, 0.4) is 0 Å². The van der Waals surface area contributed by atoms with Gasteiger partial charge in [0.2, 0.25) is 0 Å². The fourth-order valence-corrected chi connectivity index (χ4v) is 2.47. The zero-order valence-corrected chi connectivity index (χ0v) is 8.46. The summed E-state index contributed by atoms with van der Waals surface area (Å²) in [5.41, 5.74) is 0. The highest BCUT2D eigenvalue weighted by Crippen LogP contribution is 2.22. The van der Waals surface area contributed by atoms with Crippen molar-refractivity contribution in [2.24, 2.45) is 0 Å². The number of hydrogen-bond acceptors (Lipinski definition) is 3. The quantitative estimate of drug-likeness (QED) is 0.687. The van der Waals surface area contributed by atoms with Crippen LogP contribution in [0.15, 0.2) is 0 Å². The van der Waals surface area contributed by atoms with Crippen molar-refractivity contribution in [3.8, 4) is 0 Å². The molecule has 2 saturated heterocycles. The van der Waals surface area contributed by atoms with E-state index in [0.29, 0.717) is 6.17 Å². The van der Waals surface area contributed by atoms with Crippen molar-refractivity contribution in [3.05, 3.63) is 0 Å². The summed E-state index contributed by atoms with van der Waals surface area (Å²) in [6.45, 7) is 6.29. The molecule has 0 aromatic carbocycles. The predicted octanol–water partition coefficient (Wildman–Crippen LogP) is 0.807. The summed E-state index contributed by atoms with van der Waals surface area (Å²) in [5.74, 6) is 0. The molecule has 1 N–H and O–H groups in total. The van der Waals surface area contributed by atoms with Crippen LogP contribution in [0, 0.1) is 0 Å². The van der Waals surface area contributed by atoms with E-state index in [9.17, 15) is 0 Å². The molecular weight excluding hydrogens is 164 g/mol. The van der Waals surface area contributed by atoms with Gasteiger partial charge in [0.1, 0.15) is 0 Å². The Morgan fingerprint density at radius 1 is 1.54 bits per heavy atom. The molecule has 2 aliphatic heterocycles. The highest BCUT2D eigenvalue weighted by Gasteiger charge is 2.30. The maximum atomic E-state index is 5.48. The minimum Gasteiger partial charge on any atom is -0.377 e. The van der Waals surface area contributed by atoms with Gasteiger partial charge < -0.3 is 4.74 Å². The minimum absolute atomic E-state index is 0.487. The van der Waals surface area contributed by atoms with Gasteiger partial charge in [0, 0.05) is 19.1 Å². The van der Waals surface area contributed by atoms with Gasteiger partial charge in [-0.3, -0.25) is 10.2 Å². The maximum Gasteiger partial charge on any atom is 0.0841 e. The average molecular weight is 184 g/mol. The van der Waals surface area contributed by atoms with E-state index in [2.05, 4.69) is 17.1 Å². The SMILES string of the molecule is CC[C@H]1CCCN1C1COCCN1. The highest BCUT2D eigenvalue weighted by atomic mass is 16.5. The van der Waals surface area contributed by atoms with Gasteiger partial charge in [0.05, 0.1) is 19.4 Å². The Balaban J connectivity index is 1.90. The van der Waals surface area contributed by atoms with Crippen LogP contribution < -0.4 is 5.32 Å². The molecule has 0 amide bonds. The zero-order chi connectivity index (χ0) is 9.10. The molecule has 3 heteroatoms. The van der Waals surface area contributed by atoms with Gasteiger partial charge in [-0.2, -0.15) is 0 Å². The lowest BCUT2D eigenvalue weighted by Gasteiger charge is -2.35. The van der Waals surface area contributed by atoms with Crippen molar-refractivity contribution in [1.29, 1.82) is 0 Å². The van der Waals surface area contributed by atoms with Crippen molar-refractivity contribution in [2.75, 3.05) is 26.3 Å². The van der Waals surface area contributed by atoms with Gasteiger partial charge in [-0.15, -0.1) is 0 Å². The molecule has 0 aromatic heterocycles. The monoisotopic (exact) mass is 184 g/mol. The van der Waals surface area contributed by atoms with Crippen molar-refractivity contribution in [3.63, 3.8) is 0 Å². The van der Waals surface area contributed by atoms with E-state index >= 15 is 0 Å². The maximum absolute atomic E-state index is 5.48. The van der Waals surface area contributed by atoms with Crippen LogP contribution in [0.5, 0.6) is 0 Å². The van der Waals surface area contributed by atoms with Crippen molar-refractivity contribution < 1.29 is 4.74 Å². The van der Waals surface area contributed by atoms with E-state index in [0.717, 1.165) is 25.8 Å². The van der Waals surface area contributed by atoms with Crippen molar-refractivity contribution >= 4 is 0 Å². The molecule has 0 saturated carbocycles. The molecule has 3 nitrogen and oxygen atoms in total. The predicted molar refractivity (Wildman–Crippen MR) is 52.6 cm³/mol. The first-order chi connectivity index (χ1) is 6.42. The average Bonchev–Trinajstić information content (AvgIpc) is 2.67. The third-order valence-corrected chi connectivity index (χ3v) is 3.20. The van der Waals surface area contributed by atoms with Crippen LogP contribution in [0.4, 0.5) is 0 Å². The summed E-state index contributed by atoms with van der Waals surface area (Å²) in [4.78, 5) is 2.58. The summed E-state index contributed by atoms with van der Waals surface area (Å²) in [6, 6.07) is 0.791. The highest BCUT2D eigenvalue weighted by molar-refractivity contribution is 4.83. The number of hydrogen-bond donors (Lipinski definition) is 1. The van der Waals surface area contributed by atoms with E-state index in [1.54, 1.807) is 0 Å². The lowest BCUT2D eigenvalue weighted by Crippen LogP contribution is -2.54. The Morgan fingerprint density at radius 3 is 3.15 bits per heavy atom. The molecule has 2 aliphatic rings. The van der Waals surface area contributed by atoms with E-state index in [4.69, 9.17) is 4.74 Å². The second-order valence-electron chi connectivity index (χ2n) is 3.99. The van der Waals surface area contributed by atoms with Crippen molar-refractivity contribution in [1.82, 2.24) is 10.2 Å². The van der Waals surface area contributed by atoms with Crippen LogP contribution in [0.25, 0.3) is 0 Å². The molecule has 13 heavy (non-hydrogen) atoms. The summed E-state index contributed by atoms with van der Waals surface area (Å²) in [7, 11) is 0. The molecular formula is C10H20N2O. The Morgan fingerprint density at radius 2 is 2.46 bits per heavy atom. The molecule has 2 heterocycles. The Bertz CT molecular complexity index is 157. The number of morpholine rings is 1. The van der Waals surface area contributed by atoms with Crippen LogP contribution in [0.2, 0.25) is 0 Å². The fourth-order valence-electron chi connectivity index (χ4n) is 2.47. The lowest BCUT2D eigenvalue weighted by molar-refractivity contribution is 0.00339. The Labute approximate surface area is 80.4 Å². The van der Waals surface area contributed by atoms with E-state index in [1.807, 2.05) is 0 Å². The molecule has 0 bridgehead atoms. The number of nitrogens with one attached hydrogen (secondary N) is 1. The first-order valence-corrected chi connectivity index (χ1v) is 5.48. The number of likely N-dealkylation sites (tertiary alicyclic amines) is 1. The van der Waals surface area contributed by atoms with Crippen molar-refractivity contribution in [2.45, 2.75) is 38.4 Å². The summed E-state index contributed by atoms with van der Waals surface area (Å²) < 4.78 is 5.48. The van der Waals surface area contributed by atoms with Gasteiger partial charge in [0.25, 0.3) is 0 Å². The number of rotatable bonds is 2. The normalized spacial score (nSPS) is 36.7. The molecule has 2 fully saturated rings. The molecule has 0 aliphatic carbocycles. The van der Waals surface area contributed by atoms with Crippen LogP contribution in [-0.4, -0.2) is 43.4 Å². The van der Waals surface area contributed by atoms with E-state index in [-0.39, 0.29) is 0 Å². The minimum atomic E-state index is 0.487. The second kappa shape index (κ2) is 4.40. The lowest BCUT2D eigenvalue weighted by atomic mass is 10.1. The molecule has 0 spiro atoms. The Hall–Kier alpha value is -0.120. The molecule has 0 radical (unpaired) electrons. The first kappa shape index (κ1) is 9.44. The summed E-state index contributed by atoms with van der Waals surface area (Å²) in [5, 5.41) is 3.53. The zero-order valence-electron chi connectivity index (χ0n) is 8.46. The fraction of sp³-hybridized carbons (Fsp3) is 1.00. The van der Waals surface area contributed by atoms with E-state index < -0.39 is 0 Å². The smallest absolute Gasteiger partial charge is 0.0841 e.